The molecule has 0 atom stereocenters. The molecule has 1 aromatic rings. The lowest BCUT2D eigenvalue weighted by Crippen LogP contribution is -2.33. The second-order valence-corrected chi connectivity index (χ2v) is 4.67. The van der Waals surface area contributed by atoms with Gasteiger partial charge in [0.25, 0.3) is 0 Å². The van der Waals surface area contributed by atoms with Crippen molar-refractivity contribution in [3.8, 4) is 0 Å². The highest BCUT2D eigenvalue weighted by Gasteiger charge is 2.30. The van der Waals surface area contributed by atoms with E-state index < -0.39 is 11.7 Å². The van der Waals surface area contributed by atoms with E-state index in [2.05, 4.69) is 15.5 Å². The minimum atomic E-state index is -4.40. The molecule has 0 fully saturated rings. The highest BCUT2D eigenvalue weighted by atomic mass is 35.5. The predicted molar refractivity (Wildman–Crippen MR) is 85.0 cm³/mol. The molecule has 0 saturated carbocycles. The highest BCUT2D eigenvalue weighted by Crippen LogP contribution is 2.29. The monoisotopic (exact) mass is 353 g/mol. The van der Waals surface area contributed by atoms with Crippen molar-refractivity contribution in [1.29, 1.82) is 0 Å². The van der Waals surface area contributed by atoms with Crippen LogP contribution < -0.4 is 16.9 Å². The highest BCUT2D eigenvalue weighted by molar-refractivity contribution is 5.92. The van der Waals surface area contributed by atoms with Crippen molar-refractivity contribution in [1.82, 2.24) is 5.48 Å². The van der Waals surface area contributed by atoms with Crippen LogP contribution in [-0.2, 0) is 17.6 Å². The zero-order valence-electron chi connectivity index (χ0n) is 12.6. The van der Waals surface area contributed by atoms with Crippen LogP contribution in [0, 0.1) is 0 Å². The lowest BCUT2D eigenvalue weighted by atomic mass is 10.1. The number of guanidine groups is 2. The zero-order valence-corrected chi connectivity index (χ0v) is 13.4. The minimum Gasteiger partial charge on any atom is -0.368 e. The van der Waals surface area contributed by atoms with Crippen molar-refractivity contribution in [2.75, 3.05) is 0 Å². The number of nitrogens with two attached hydrogens (primary N) is 2. The van der Waals surface area contributed by atoms with E-state index >= 15 is 0 Å². The number of aliphatic imine (C=N–C) groups is 2. The Hall–Kier alpha value is -2.00. The van der Waals surface area contributed by atoms with E-state index in [4.69, 9.17) is 16.3 Å². The van der Waals surface area contributed by atoms with Crippen molar-refractivity contribution in [3.05, 3.63) is 35.4 Å². The molecule has 0 aliphatic rings. The molecular formula is C13H19ClF3N5O. The van der Waals surface area contributed by atoms with Crippen molar-refractivity contribution in [3.63, 3.8) is 0 Å². The maximum Gasteiger partial charge on any atom is 0.416 e. The number of alkyl halides is 3. The van der Waals surface area contributed by atoms with Crippen LogP contribution in [-0.4, -0.2) is 18.0 Å². The van der Waals surface area contributed by atoms with Gasteiger partial charge in [-0.1, -0.05) is 12.1 Å². The summed E-state index contributed by atoms with van der Waals surface area (Å²) in [4.78, 5) is 12.6. The van der Waals surface area contributed by atoms with E-state index in [1.54, 1.807) is 0 Å². The first kappa shape index (κ1) is 21.0. The van der Waals surface area contributed by atoms with Crippen LogP contribution >= 0.6 is 12.4 Å². The molecule has 0 spiro atoms. The van der Waals surface area contributed by atoms with Gasteiger partial charge >= 0.3 is 6.18 Å². The van der Waals surface area contributed by atoms with Gasteiger partial charge in [-0.15, -0.1) is 12.4 Å². The fourth-order valence-electron chi connectivity index (χ4n) is 1.47. The second-order valence-electron chi connectivity index (χ2n) is 4.67. The molecule has 0 unspecified atom stereocenters. The SMILES string of the molecule is CC(C)N=C(N)N=C(N)NOCc1cccc(C(F)(F)F)c1.Cl. The molecule has 0 aliphatic carbocycles. The van der Waals surface area contributed by atoms with E-state index in [1.165, 1.54) is 12.1 Å². The zero-order chi connectivity index (χ0) is 16.8. The molecule has 0 heterocycles. The molecule has 0 aliphatic heterocycles. The number of rotatable bonds is 4. The van der Waals surface area contributed by atoms with Gasteiger partial charge in [0.2, 0.25) is 11.9 Å². The van der Waals surface area contributed by atoms with Crippen LogP contribution in [0.25, 0.3) is 0 Å². The fraction of sp³-hybridized carbons (Fsp3) is 0.385. The molecule has 23 heavy (non-hydrogen) atoms. The third-order valence-electron chi connectivity index (χ3n) is 2.30. The second kappa shape index (κ2) is 9.21. The topological polar surface area (TPSA) is 98.0 Å². The van der Waals surface area contributed by atoms with Gasteiger partial charge in [-0.05, 0) is 31.5 Å². The maximum absolute atomic E-state index is 12.5. The number of nitrogens with zero attached hydrogens (tertiary/aromatic N) is 2. The molecule has 6 nitrogen and oxygen atoms in total. The number of nitrogens with one attached hydrogen (secondary N) is 1. The summed E-state index contributed by atoms with van der Waals surface area (Å²) in [5.41, 5.74) is 12.8. The molecule has 10 heteroatoms. The molecule has 0 radical (unpaired) electrons. The van der Waals surface area contributed by atoms with Crippen molar-refractivity contribution in [2.45, 2.75) is 32.7 Å². The van der Waals surface area contributed by atoms with Crippen molar-refractivity contribution >= 4 is 24.3 Å². The lowest BCUT2D eigenvalue weighted by molar-refractivity contribution is -0.137. The van der Waals surface area contributed by atoms with E-state index in [0.29, 0.717) is 5.56 Å². The first-order valence-corrected chi connectivity index (χ1v) is 6.40. The quantitative estimate of drug-likeness (QED) is 0.439. The van der Waals surface area contributed by atoms with Crippen molar-refractivity contribution in [2.24, 2.45) is 21.5 Å². The summed E-state index contributed by atoms with van der Waals surface area (Å²) in [5.74, 6) is -0.170. The Balaban J connectivity index is 0.00000484. The number of hydrogen-bond donors (Lipinski definition) is 3. The summed E-state index contributed by atoms with van der Waals surface area (Å²) >= 11 is 0. The van der Waals surface area contributed by atoms with Crippen LogP contribution in [0.3, 0.4) is 0 Å². The Morgan fingerprint density at radius 3 is 2.52 bits per heavy atom. The molecular weight excluding hydrogens is 335 g/mol. The summed E-state index contributed by atoms with van der Waals surface area (Å²) in [6.45, 7) is 3.51. The standard InChI is InChI=1S/C13H18F3N5O.ClH/c1-8(2)19-11(17)20-12(18)21-22-7-9-4-3-5-10(6-9)13(14,15)16;/h3-6,8H,7H2,1-2H3,(H5,17,18,19,20,21);1H. The fourth-order valence-corrected chi connectivity index (χ4v) is 1.47. The van der Waals surface area contributed by atoms with E-state index in [-0.39, 0.29) is 37.0 Å². The lowest BCUT2D eigenvalue weighted by Gasteiger charge is -2.09. The number of hydroxylamine groups is 1. The Kier molecular flexibility index (Phi) is 8.41. The minimum absolute atomic E-state index is 0. The van der Waals surface area contributed by atoms with Gasteiger partial charge in [0, 0.05) is 6.04 Å². The van der Waals surface area contributed by atoms with Gasteiger partial charge in [-0.3, -0.25) is 4.84 Å². The molecule has 1 aromatic carbocycles. The van der Waals surface area contributed by atoms with Crippen molar-refractivity contribution < 1.29 is 18.0 Å². The number of hydrogen-bond acceptors (Lipinski definition) is 2. The first-order valence-electron chi connectivity index (χ1n) is 6.40. The van der Waals surface area contributed by atoms with Gasteiger partial charge < -0.3 is 11.5 Å². The molecule has 0 aromatic heterocycles. The summed E-state index contributed by atoms with van der Waals surface area (Å²) in [6, 6.07) is 4.73. The van der Waals surface area contributed by atoms with Gasteiger partial charge in [0.1, 0.15) is 0 Å². The summed E-state index contributed by atoms with van der Waals surface area (Å²) in [5, 5.41) is 0. The Labute approximate surface area is 138 Å². The van der Waals surface area contributed by atoms with Gasteiger partial charge in [-0.25, -0.2) is 10.5 Å². The molecule has 1 rings (SSSR count). The summed E-state index contributed by atoms with van der Waals surface area (Å²) in [7, 11) is 0. The van der Waals surface area contributed by atoms with Crippen LogP contribution in [0.4, 0.5) is 13.2 Å². The molecule has 0 bridgehead atoms. The third kappa shape index (κ3) is 8.27. The van der Waals surface area contributed by atoms with Gasteiger partial charge in [-0.2, -0.15) is 18.2 Å². The van der Waals surface area contributed by atoms with Crippen LogP contribution in [0.1, 0.15) is 25.0 Å². The number of benzene rings is 1. The Morgan fingerprint density at radius 1 is 1.30 bits per heavy atom. The van der Waals surface area contributed by atoms with Gasteiger partial charge in [0.05, 0.1) is 12.2 Å². The average molecular weight is 354 g/mol. The van der Waals surface area contributed by atoms with E-state index in [1.807, 2.05) is 13.8 Å². The van der Waals surface area contributed by atoms with Crippen LogP contribution in [0.2, 0.25) is 0 Å². The maximum atomic E-state index is 12.5. The van der Waals surface area contributed by atoms with E-state index in [9.17, 15) is 13.2 Å². The molecule has 0 saturated heterocycles. The third-order valence-corrected chi connectivity index (χ3v) is 2.30. The molecule has 5 N–H and O–H groups in total. The van der Waals surface area contributed by atoms with Gasteiger partial charge in [0.15, 0.2) is 0 Å². The smallest absolute Gasteiger partial charge is 0.368 e. The average Bonchev–Trinajstić information content (AvgIpc) is 2.36. The van der Waals surface area contributed by atoms with E-state index in [0.717, 1.165) is 12.1 Å². The summed E-state index contributed by atoms with van der Waals surface area (Å²) < 4.78 is 37.6. The Bertz CT molecular complexity index is 561. The number of halogens is 4. The summed E-state index contributed by atoms with van der Waals surface area (Å²) in [6.07, 6.45) is -4.40. The first-order chi connectivity index (χ1) is 10.2. The normalized spacial score (nSPS) is 13.0. The van der Waals surface area contributed by atoms with Crippen LogP contribution in [0.5, 0.6) is 0 Å². The Morgan fingerprint density at radius 2 is 1.96 bits per heavy atom. The predicted octanol–water partition coefficient (Wildman–Crippen LogP) is 2.19. The molecule has 130 valence electrons. The molecule has 0 amide bonds. The largest absolute Gasteiger partial charge is 0.416 e. The van der Waals surface area contributed by atoms with Crippen LogP contribution in [0.15, 0.2) is 34.3 Å².